The Bertz CT molecular complexity index is 698. The molecule has 0 aliphatic carbocycles. The van der Waals surface area contributed by atoms with E-state index < -0.39 is 5.97 Å². The van der Waals surface area contributed by atoms with Crippen LogP contribution >= 0.6 is 11.3 Å². The van der Waals surface area contributed by atoms with E-state index >= 15 is 0 Å². The van der Waals surface area contributed by atoms with Crippen LogP contribution in [-0.4, -0.2) is 64.7 Å². The zero-order valence-corrected chi connectivity index (χ0v) is 16.7. The topological polar surface area (TPSA) is 130 Å². The minimum absolute atomic E-state index is 0.120. The van der Waals surface area contributed by atoms with E-state index in [1.807, 2.05) is 20.8 Å². The molecular formula is C17H27N5O4S. The number of ether oxygens (including phenoxy) is 1. The Morgan fingerprint density at radius 3 is 2.93 bits per heavy atom. The zero-order valence-electron chi connectivity index (χ0n) is 15.9. The lowest BCUT2D eigenvalue weighted by Gasteiger charge is -2.32. The molecule has 1 fully saturated rings. The van der Waals surface area contributed by atoms with Crippen LogP contribution < -0.4 is 11.1 Å². The van der Waals surface area contributed by atoms with Crippen LogP contribution in [0, 0.1) is 5.92 Å². The average Bonchev–Trinajstić information content (AvgIpc) is 3.00. The second-order valence-electron chi connectivity index (χ2n) is 7.55. The van der Waals surface area contributed by atoms with E-state index in [1.165, 1.54) is 11.3 Å². The quantitative estimate of drug-likeness (QED) is 0.489. The van der Waals surface area contributed by atoms with Gasteiger partial charge >= 0.3 is 5.97 Å². The normalized spacial score (nSPS) is 18.4. The van der Waals surface area contributed by atoms with Crippen molar-refractivity contribution in [1.82, 2.24) is 15.2 Å². The fourth-order valence-electron chi connectivity index (χ4n) is 2.83. The van der Waals surface area contributed by atoms with Crippen molar-refractivity contribution in [1.29, 1.82) is 0 Å². The van der Waals surface area contributed by atoms with Gasteiger partial charge in [0.15, 0.2) is 11.8 Å². The van der Waals surface area contributed by atoms with Gasteiger partial charge in [0.05, 0.1) is 12.1 Å². The van der Waals surface area contributed by atoms with Gasteiger partial charge in [0.1, 0.15) is 11.5 Å². The van der Waals surface area contributed by atoms with Crippen LogP contribution in [0.15, 0.2) is 10.5 Å². The summed E-state index contributed by atoms with van der Waals surface area (Å²) in [5.41, 5.74) is 7.25. The molecule has 0 radical (unpaired) electrons. The number of nitrogens with one attached hydrogen (secondary N) is 1. The van der Waals surface area contributed by atoms with Crippen LogP contribution in [0.25, 0.3) is 0 Å². The van der Waals surface area contributed by atoms with Gasteiger partial charge in [0, 0.05) is 18.6 Å². The minimum Gasteiger partial charge on any atom is -0.480 e. The number of carbonyl (C=O) groups excluding carboxylic acids is 1. The van der Waals surface area contributed by atoms with E-state index in [1.54, 1.807) is 10.4 Å². The van der Waals surface area contributed by atoms with Crippen LogP contribution in [0.3, 0.4) is 0 Å². The van der Waals surface area contributed by atoms with Gasteiger partial charge in [-0.2, -0.15) is 4.99 Å². The maximum absolute atomic E-state index is 12.9. The number of likely N-dealkylation sites (tertiary alicyclic amines) is 1. The zero-order chi connectivity index (χ0) is 20.0. The first-order valence-corrected chi connectivity index (χ1v) is 9.68. The van der Waals surface area contributed by atoms with Gasteiger partial charge in [-0.15, -0.1) is 11.3 Å². The summed E-state index contributed by atoms with van der Waals surface area (Å²) in [5, 5.41) is 11.7. The second-order valence-corrected chi connectivity index (χ2v) is 8.40. The number of nitrogens with two attached hydrogens (primary N) is 1. The highest BCUT2D eigenvalue weighted by Gasteiger charge is 2.27. The second kappa shape index (κ2) is 9.14. The summed E-state index contributed by atoms with van der Waals surface area (Å²) in [7, 11) is 0. The third kappa shape index (κ3) is 6.79. The van der Waals surface area contributed by atoms with E-state index in [2.05, 4.69) is 15.3 Å². The van der Waals surface area contributed by atoms with Crippen molar-refractivity contribution < 1.29 is 19.4 Å². The number of guanidine groups is 1. The van der Waals surface area contributed by atoms with Crippen LogP contribution in [-0.2, 0) is 9.53 Å². The maximum atomic E-state index is 12.9. The molecule has 1 aromatic heterocycles. The number of nitrogens with zero attached hydrogens (tertiary/aromatic N) is 3. The number of rotatable bonds is 6. The number of carboxylic acid groups (broad SMARTS) is 1. The summed E-state index contributed by atoms with van der Waals surface area (Å²) < 4.78 is 5.18. The minimum atomic E-state index is -0.993. The van der Waals surface area contributed by atoms with Gasteiger partial charge in [0.25, 0.3) is 5.91 Å². The fourth-order valence-corrected chi connectivity index (χ4v) is 3.53. The SMILES string of the molecule is CC(C)(C)N/C(N)=N/c1ncsc1C(=O)N1CCCC(COCC(=O)O)C1. The average molecular weight is 398 g/mol. The van der Waals surface area contributed by atoms with Gasteiger partial charge < -0.3 is 25.8 Å². The van der Waals surface area contributed by atoms with Crippen molar-refractivity contribution in [2.45, 2.75) is 39.2 Å². The van der Waals surface area contributed by atoms with Crippen molar-refractivity contribution in [3.05, 3.63) is 10.4 Å². The first kappa shape index (κ1) is 21.1. The van der Waals surface area contributed by atoms with E-state index in [0.717, 1.165) is 12.8 Å². The monoisotopic (exact) mass is 397 g/mol. The largest absolute Gasteiger partial charge is 0.480 e. The third-order valence-corrected chi connectivity index (χ3v) is 4.66. The summed E-state index contributed by atoms with van der Waals surface area (Å²) in [6.45, 7) is 7.05. The Hall–Kier alpha value is -2.20. The summed E-state index contributed by atoms with van der Waals surface area (Å²) >= 11 is 1.23. The van der Waals surface area contributed by atoms with E-state index in [-0.39, 0.29) is 29.9 Å². The molecular weight excluding hydrogens is 370 g/mol. The van der Waals surface area contributed by atoms with Crippen molar-refractivity contribution in [3.63, 3.8) is 0 Å². The predicted octanol–water partition coefficient (Wildman–Crippen LogP) is 1.43. The van der Waals surface area contributed by atoms with Gasteiger partial charge in [-0.3, -0.25) is 4.79 Å². The lowest BCUT2D eigenvalue weighted by atomic mass is 9.99. The number of aliphatic carboxylic acids is 1. The number of hydrogen-bond donors (Lipinski definition) is 3. The highest BCUT2D eigenvalue weighted by molar-refractivity contribution is 7.12. The molecule has 27 heavy (non-hydrogen) atoms. The molecule has 1 unspecified atom stereocenters. The van der Waals surface area contributed by atoms with E-state index in [9.17, 15) is 9.59 Å². The number of carbonyl (C=O) groups is 2. The molecule has 10 heteroatoms. The lowest BCUT2D eigenvalue weighted by Crippen LogP contribution is -2.44. The van der Waals surface area contributed by atoms with Crippen molar-refractivity contribution >= 4 is 35.0 Å². The molecule has 1 aliphatic heterocycles. The summed E-state index contributed by atoms with van der Waals surface area (Å²) in [6.07, 6.45) is 1.75. The Morgan fingerprint density at radius 2 is 2.26 bits per heavy atom. The Balaban J connectivity index is 2.02. The van der Waals surface area contributed by atoms with Crippen LogP contribution in [0.4, 0.5) is 5.82 Å². The molecule has 1 aromatic rings. The smallest absolute Gasteiger partial charge is 0.329 e. The first-order valence-electron chi connectivity index (χ1n) is 8.80. The maximum Gasteiger partial charge on any atom is 0.329 e. The van der Waals surface area contributed by atoms with E-state index in [4.69, 9.17) is 15.6 Å². The Morgan fingerprint density at radius 1 is 1.52 bits per heavy atom. The molecule has 9 nitrogen and oxygen atoms in total. The molecule has 2 rings (SSSR count). The number of amides is 1. The summed E-state index contributed by atoms with van der Waals surface area (Å²) in [5.74, 6) is -0.491. The number of thiazole rings is 1. The molecule has 150 valence electrons. The van der Waals surface area contributed by atoms with Gasteiger partial charge in [-0.05, 0) is 39.5 Å². The predicted molar refractivity (Wildman–Crippen MR) is 103 cm³/mol. The third-order valence-electron chi connectivity index (χ3n) is 3.86. The fraction of sp³-hybridized carbons (Fsp3) is 0.647. The Kier molecular flexibility index (Phi) is 7.14. The molecule has 0 saturated carbocycles. The van der Waals surface area contributed by atoms with E-state index in [0.29, 0.717) is 30.4 Å². The number of carboxylic acids is 1. The molecule has 1 amide bonds. The molecule has 1 saturated heterocycles. The van der Waals surface area contributed by atoms with Crippen molar-refractivity contribution in [3.8, 4) is 0 Å². The molecule has 0 aromatic carbocycles. The first-order chi connectivity index (χ1) is 12.7. The molecule has 1 atom stereocenters. The lowest BCUT2D eigenvalue weighted by molar-refractivity contribution is -0.142. The highest BCUT2D eigenvalue weighted by Crippen LogP contribution is 2.26. The molecule has 1 aliphatic rings. The molecule has 4 N–H and O–H groups in total. The number of aliphatic imine (C=N–C) groups is 1. The van der Waals surface area contributed by atoms with Gasteiger partial charge in [0.2, 0.25) is 0 Å². The van der Waals surface area contributed by atoms with Crippen molar-refractivity contribution in [2.75, 3.05) is 26.3 Å². The van der Waals surface area contributed by atoms with Crippen LogP contribution in [0.1, 0.15) is 43.3 Å². The number of aromatic nitrogens is 1. The molecule has 0 bridgehead atoms. The number of piperidine rings is 1. The Labute approximate surface area is 162 Å². The molecule has 2 heterocycles. The van der Waals surface area contributed by atoms with Gasteiger partial charge in [-0.25, -0.2) is 9.78 Å². The standard InChI is InChI=1S/C17H27N5O4S/c1-17(2,3)21-16(18)20-14-13(27-10-19-14)15(25)22-6-4-5-11(7-22)8-26-9-12(23)24/h10-11H,4-9H2,1-3H3,(H,23,24)(H3,18,20,21). The summed E-state index contributed by atoms with van der Waals surface area (Å²) in [6, 6.07) is 0. The van der Waals surface area contributed by atoms with Crippen LogP contribution in [0.2, 0.25) is 0 Å². The highest BCUT2D eigenvalue weighted by atomic mass is 32.1. The summed E-state index contributed by atoms with van der Waals surface area (Å²) in [4.78, 5) is 34.1. The van der Waals surface area contributed by atoms with Gasteiger partial charge in [-0.1, -0.05) is 0 Å². The van der Waals surface area contributed by atoms with Crippen LogP contribution in [0.5, 0.6) is 0 Å². The number of hydrogen-bond acceptors (Lipinski definition) is 6. The van der Waals surface area contributed by atoms with Crippen molar-refractivity contribution in [2.24, 2.45) is 16.6 Å². The molecule has 0 spiro atoms.